The molecular formula is C14H21N3O2. The monoisotopic (exact) mass is 263 g/mol. The number of nitrogens with one attached hydrogen (secondary N) is 1. The van der Waals surface area contributed by atoms with Gasteiger partial charge in [-0.25, -0.2) is 4.68 Å². The van der Waals surface area contributed by atoms with Crippen molar-refractivity contribution in [2.75, 3.05) is 7.11 Å². The highest BCUT2D eigenvalue weighted by atomic mass is 16.5. The number of aromatic nitrogens is 2. The van der Waals surface area contributed by atoms with Gasteiger partial charge in [0.25, 0.3) is 0 Å². The van der Waals surface area contributed by atoms with Gasteiger partial charge < -0.3 is 10.1 Å². The fourth-order valence-corrected chi connectivity index (χ4v) is 2.50. The Kier molecular flexibility index (Phi) is 4.24. The van der Waals surface area contributed by atoms with Crippen LogP contribution in [-0.2, 0) is 18.4 Å². The first-order valence-corrected chi connectivity index (χ1v) is 6.61. The second kappa shape index (κ2) is 5.91. The molecule has 1 unspecified atom stereocenters. The van der Waals surface area contributed by atoms with Crippen LogP contribution in [0.25, 0.3) is 0 Å². The quantitative estimate of drug-likeness (QED) is 0.823. The summed E-state index contributed by atoms with van der Waals surface area (Å²) < 4.78 is 6.99. The second-order valence-electron chi connectivity index (χ2n) is 4.94. The fourth-order valence-electron chi connectivity index (χ4n) is 2.50. The van der Waals surface area contributed by atoms with Gasteiger partial charge in [0.05, 0.1) is 18.4 Å². The van der Waals surface area contributed by atoms with Crippen LogP contribution in [0.1, 0.15) is 30.5 Å². The van der Waals surface area contributed by atoms with Crippen molar-refractivity contribution in [1.82, 2.24) is 15.1 Å². The molecule has 0 saturated carbocycles. The van der Waals surface area contributed by atoms with Gasteiger partial charge in [-0.15, -0.1) is 0 Å². The molecule has 0 radical (unpaired) electrons. The zero-order valence-corrected chi connectivity index (χ0v) is 11.8. The number of carbonyl (C=O) groups is 1. The summed E-state index contributed by atoms with van der Waals surface area (Å²) in [5.74, 6) is 1.19. The van der Waals surface area contributed by atoms with Crippen molar-refractivity contribution in [2.24, 2.45) is 13.0 Å². The number of allylic oxidation sites excluding steroid dienone is 2. The summed E-state index contributed by atoms with van der Waals surface area (Å²) in [6.45, 7) is 2.39. The van der Waals surface area contributed by atoms with Crippen LogP contribution in [0, 0.1) is 12.8 Å². The maximum absolute atomic E-state index is 11.9. The molecule has 5 heteroatoms. The van der Waals surface area contributed by atoms with E-state index in [0.29, 0.717) is 24.8 Å². The highest BCUT2D eigenvalue weighted by molar-refractivity contribution is 5.76. The molecule has 2 rings (SSSR count). The number of nitrogens with zero attached hydrogens (tertiary/aromatic N) is 2. The normalized spacial score (nSPS) is 17.7. The number of rotatable bonds is 5. The van der Waals surface area contributed by atoms with Crippen molar-refractivity contribution < 1.29 is 9.53 Å². The molecule has 5 nitrogen and oxygen atoms in total. The lowest BCUT2D eigenvalue weighted by Crippen LogP contribution is -2.24. The molecular weight excluding hydrogens is 242 g/mol. The van der Waals surface area contributed by atoms with Crippen LogP contribution in [-0.4, -0.2) is 22.8 Å². The van der Waals surface area contributed by atoms with Gasteiger partial charge in [0.2, 0.25) is 11.8 Å². The first-order valence-electron chi connectivity index (χ1n) is 6.61. The van der Waals surface area contributed by atoms with Crippen molar-refractivity contribution in [3.63, 3.8) is 0 Å². The molecule has 1 aromatic heterocycles. The van der Waals surface area contributed by atoms with E-state index in [0.717, 1.165) is 24.1 Å². The Bertz CT molecular complexity index is 491. The zero-order valence-electron chi connectivity index (χ0n) is 11.8. The van der Waals surface area contributed by atoms with Crippen molar-refractivity contribution in [3.8, 4) is 5.88 Å². The first-order chi connectivity index (χ1) is 9.11. The van der Waals surface area contributed by atoms with Gasteiger partial charge in [-0.3, -0.25) is 4.79 Å². The van der Waals surface area contributed by atoms with Gasteiger partial charge in [0.15, 0.2) is 0 Å². The molecule has 1 N–H and O–H groups in total. The maximum atomic E-state index is 11.9. The van der Waals surface area contributed by atoms with Gasteiger partial charge in [0, 0.05) is 20.0 Å². The van der Waals surface area contributed by atoms with Crippen molar-refractivity contribution in [1.29, 1.82) is 0 Å². The molecule has 1 aliphatic carbocycles. The fraction of sp³-hybridized carbons (Fsp3) is 0.571. The van der Waals surface area contributed by atoms with Crippen LogP contribution in [0.4, 0.5) is 0 Å². The number of ether oxygens (including phenoxy) is 1. The lowest BCUT2D eigenvalue weighted by molar-refractivity contribution is -0.121. The minimum absolute atomic E-state index is 0.0851. The van der Waals surface area contributed by atoms with Crippen LogP contribution >= 0.6 is 0 Å². The highest BCUT2D eigenvalue weighted by Crippen LogP contribution is 2.22. The molecule has 0 saturated heterocycles. The van der Waals surface area contributed by atoms with Gasteiger partial charge in [-0.2, -0.15) is 5.10 Å². The molecule has 1 aliphatic rings. The van der Waals surface area contributed by atoms with E-state index in [2.05, 4.69) is 22.6 Å². The average molecular weight is 263 g/mol. The molecule has 0 bridgehead atoms. The number of aryl methyl sites for hydroxylation is 2. The largest absolute Gasteiger partial charge is 0.481 e. The summed E-state index contributed by atoms with van der Waals surface area (Å²) in [7, 11) is 3.45. The Balaban J connectivity index is 1.91. The molecule has 1 heterocycles. The Morgan fingerprint density at radius 3 is 3.05 bits per heavy atom. The number of carbonyl (C=O) groups excluding carboxylic acids is 1. The Morgan fingerprint density at radius 2 is 2.42 bits per heavy atom. The predicted molar refractivity (Wildman–Crippen MR) is 72.8 cm³/mol. The summed E-state index contributed by atoms with van der Waals surface area (Å²) in [5.41, 5.74) is 1.83. The Hall–Kier alpha value is -1.78. The number of hydrogen-bond acceptors (Lipinski definition) is 3. The Labute approximate surface area is 113 Å². The topological polar surface area (TPSA) is 56.1 Å². The SMILES string of the molecule is COc1c(CNC(=O)CC2C=CCC2)c(C)nn1C. The van der Waals surface area contributed by atoms with Gasteiger partial charge in [-0.1, -0.05) is 12.2 Å². The van der Waals surface area contributed by atoms with Crippen LogP contribution in [0.15, 0.2) is 12.2 Å². The molecule has 0 fully saturated rings. The van der Waals surface area contributed by atoms with Crippen LogP contribution in [0.5, 0.6) is 5.88 Å². The minimum Gasteiger partial charge on any atom is -0.481 e. The van der Waals surface area contributed by atoms with E-state index in [4.69, 9.17) is 4.74 Å². The van der Waals surface area contributed by atoms with E-state index in [1.54, 1.807) is 11.8 Å². The summed E-state index contributed by atoms with van der Waals surface area (Å²) in [6.07, 6.45) is 7.02. The molecule has 0 aliphatic heterocycles. The lowest BCUT2D eigenvalue weighted by atomic mass is 10.1. The van der Waals surface area contributed by atoms with Crippen molar-refractivity contribution in [3.05, 3.63) is 23.4 Å². The molecule has 104 valence electrons. The maximum Gasteiger partial charge on any atom is 0.220 e. The summed E-state index contributed by atoms with van der Waals surface area (Å²) in [6, 6.07) is 0. The second-order valence-corrected chi connectivity index (χ2v) is 4.94. The third kappa shape index (κ3) is 3.16. The van der Waals surface area contributed by atoms with Crippen LogP contribution < -0.4 is 10.1 Å². The number of methoxy groups -OCH3 is 1. The van der Waals surface area contributed by atoms with E-state index >= 15 is 0 Å². The summed E-state index contributed by atoms with van der Waals surface area (Å²) in [4.78, 5) is 11.9. The Morgan fingerprint density at radius 1 is 1.63 bits per heavy atom. The first kappa shape index (κ1) is 13.6. The van der Waals surface area contributed by atoms with E-state index in [-0.39, 0.29) is 5.91 Å². The third-order valence-corrected chi connectivity index (χ3v) is 3.50. The summed E-state index contributed by atoms with van der Waals surface area (Å²) >= 11 is 0. The van der Waals surface area contributed by atoms with Gasteiger partial charge >= 0.3 is 0 Å². The molecule has 19 heavy (non-hydrogen) atoms. The summed E-state index contributed by atoms with van der Waals surface area (Å²) in [5, 5.41) is 7.24. The minimum atomic E-state index is 0.0851. The third-order valence-electron chi connectivity index (χ3n) is 3.50. The van der Waals surface area contributed by atoms with Gasteiger partial charge in [-0.05, 0) is 25.7 Å². The van der Waals surface area contributed by atoms with E-state index in [9.17, 15) is 4.79 Å². The molecule has 1 amide bonds. The van der Waals surface area contributed by atoms with E-state index in [1.165, 1.54) is 0 Å². The molecule has 1 atom stereocenters. The standard InChI is InChI=1S/C14H21N3O2/c1-10-12(14(19-3)17(2)16-10)9-15-13(18)8-11-6-4-5-7-11/h4,6,11H,5,7-9H2,1-3H3,(H,15,18). The number of hydrogen-bond donors (Lipinski definition) is 1. The van der Waals surface area contributed by atoms with E-state index in [1.807, 2.05) is 14.0 Å². The highest BCUT2D eigenvalue weighted by Gasteiger charge is 2.17. The molecule has 0 spiro atoms. The van der Waals surface area contributed by atoms with Crippen molar-refractivity contribution >= 4 is 5.91 Å². The molecule has 1 aromatic rings. The zero-order chi connectivity index (χ0) is 13.8. The van der Waals surface area contributed by atoms with Gasteiger partial charge in [0.1, 0.15) is 0 Å². The van der Waals surface area contributed by atoms with Crippen molar-refractivity contribution in [2.45, 2.75) is 32.7 Å². The smallest absolute Gasteiger partial charge is 0.220 e. The number of amides is 1. The lowest BCUT2D eigenvalue weighted by Gasteiger charge is -2.09. The predicted octanol–water partition coefficient (Wildman–Crippen LogP) is 1.71. The molecule has 0 aromatic carbocycles. The van der Waals surface area contributed by atoms with Crippen LogP contribution in [0.2, 0.25) is 0 Å². The average Bonchev–Trinajstić information content (AvgIpc) is 2.94. The van der Waals surface area contributed by atoms with E-state index < -0.39 is 0 Å². The van der Waals surface area contributed by atoms with Crippen LogP contribution in [0.3, 0.4) is 0 Å².